The molecule has 0 atom stereocenters. The molecule has 6 heteroatoms. The summed E-state index contributed by atoms with van der Waals surface area (Å²) in [7, 11) is 0. The van der Waals surface area contributed by atoms with Crippen LogP contribution in [-0.4, -0.2) is 55.8 Å². The van der Waals surface area contributed by atoms with Crippen molar-refractivity contribution in [3.05, 3.63) is 0 Å². The molecule has 2 saturated heterocycles. The van der Waals surface area contributed by atoms with Gasteiger partial charge in [0.25, 0.3) is 0 Å². The van der Waals surface area contributed by atoms with Crippen molar-refractivity contribution < 1.29 is 4.74 Å². The SMILES string of the molecule is CC(C)CNC(N)=NCC1(N2CCCC2)CCOCC1.I. The van der Waals surface area contributed by atoms with E-state index in [0.29, 0.717) is 11.9 Å². The van der Waals surface area contributed by atoms with E-state index in [9.17, 15) is 0 Å². The number of nitrogens with zero attached hydrogens (tertiary/aromatic N) is 2. The van der Waals surface area contributed by atoms with Gasteiger partial charge < -0.3 is 15.8 Å². The predicted octanol–water partition coefficient (Wildman–Crippen LogP) is 1.81. The number of rotatable bonds is 5. The van der Waals surface area contributed by atoms with Crippen LogP contribution in [-0.2, 0) is 4.74 Å². The number of aliphatic imine (C=N–C) groups is 1. The van der Waals surface area contributed by atoms with Crippen molar-refractivity contribution in [1.82, 2.24) is 10.2 Å². The average molecular weight is 410 g/mol. The third kappa shape index (κ3) is 5.56. The van der Waals surface area contributed by atoms with Crippen LogP contribution >= 0.6 is 24.0 Å². The second kappa shape index (κ2) is 9.15. The maximum absolute atomic E-state index is 5.99. The fourth-order valence-electron chi connectivity index (χ4n) is 3.11. The second-order valence-electron chi connectivity index (χ2n) is 6.51. The molecule has 2 aliphatic rings. The van der Waals surface area contributed by atoms with Crippen LogP contribution in [0.1, 0.15) is 39.5 Å². The Balaban J connectivity index is 0.00000220. The zero-order chi connectivity index (χ0) is 14.4. The second-order valence-corrected chi connectivity index (χ2v) is 6.51. The van der Waals surface area contributed by atoms with Crippen LogP contribution in [0.2, 0.25) is 0 Å². The van der Waals surface area contributed by atoms with Crippen molar-refractivity contribution in [1.29, 1.82) is 0 Å². The fourth-order valence-corrected chi connectivity index (χ4v) is 3.11. The van der Waals surface area contributed by atoms with Gasteiger partial charge in [-0.1, -0.05) is 13.8 Å². The molecule has 2 aliphatic heterocycles. The molecule has 0 saturated carbocycles. The molecule has 3 N–H and O–H groups in total. The summed E-state index contributed by atoms with van der Waals surface area (Å²) in [5.41, 5.74) is 6.17. The molecule has 21 heavy (non-hydrogen) atoms. The lowest BCUT2D eigenvalue weighted by Gasteiger charge is -2.43. The highest BCUT2D eigenvalue weighted by atomic mass is 127. The monoisotopic (exact) mass is 410 g/mol. The van der Waals surface area contributed by atoms with Gasteiger partial charge in [-0.05, 0) is 44.7 Å². The quantitative estimate of drug-likeness (QED) is 0.412. The van der Waals surface area contributed by atoms with Crippen LogP contribution in [0, 0.1) is 5.92 Å². The lowest BCUT2D eigenvalue weighted by molar-refractivity contribution is -0.0138. The van der Waals surface area contributed by atoms with Crippen molar-refractivity contribution in [2.24, 2.45) is 16.6 Å². The molecule has 5 nitrogen and oxygen atoms in total. The maximum Gasteiger partial charge on any atom is 0.188 e. The van der Waals surface area contributed by atoms with Gasteiger partial charge in [-0.25, -0.2) is 0 Å². The molecule has 0 spiro atoms. The predicted molar refractivity (Wildman–Crippen MR) is 98.3 cm³/mol. The number of halogens is 1. The van der Waals surface area contributed by atoms with E-state index in [0.717, 1.165) is 39.1 Å². The van der Waals surface area contributed by atoms with Gasteiger partial charge in [-0.3, -0.25) is 9.89 Å². The van der Waals surface area contributed by atoms with E-state index in [1.807, 2.05) is 0 Å². The normalized spacial score (nSPS) is 23.1. The number of nitrogens with two attached hydrogens (primary N) is 1. The Morgan fingerprint density at radius 3 is 2.48 bits per heavy atom. The number of hydrogen-bond donors (Lipinski definition) is 2. The van der Waals surface area contributed by atoms with Crippen molar-refractivity contribution in [2.75, 3.05) is 39.4 Å². The Morgan fingerprint density at radius 2 is 1.90 bits per heavy atom. The summed E-state index contributed by atoms with van der Waals surface area (Å²) in [5, 5.41) is 3.21. The molecule has 0 aromatic heterocycles. The minimum Gasteiger partial charge on any atom is -0.381 e. The van der Waals surface area contributed by atoms with Crippen LogP contribution in [0.4, 0.5) is 0 Å². The van der Waals surface area contributed by atoms with Gasteiger partial charge in [0.2, 0.25) is 0 Å². The summed E-state index contributed by atoms with van der Waals surface area (Å²) in [6.45, 7) is 10.1. The van der Waals surface area contributed by atoms with Crippen molar-refractivity contribution >= 4 is 29.9 Å². The van der Waals surface area contributed by atoms with Gasteiger partial charge in [-0.15, -0.1) is 24.0 Å². The number of hydrogen-bond acceptors (Lipinski definition) is 3. The van der Waals surface area contributed by atoms with Crippen molar-refractivity contribution in [3.8, 4) is 0 Å². The zero-order valence-electron chi connectivity index (χ0n) is 13.4. The lowest BCUT2D eigenvalue weighted by atomic mass is 9.88. The molecule has 124 valence electrons. The Labute approximate surface area is 146 Å². The third-order valence-electron chi connectivity index (χ3n) is 4.44. The van der Waals surface area contributed by atoms with Crippen molar-refractivity contribution in [2.45, 2.75) is 45.1 Å². The van der Waals surface area contributed by atoms with Crippen LogP contribution in [0.5, 0.6) is 0 Å². The van der Waals surface area contributed by atoms with Gasteiger partial charge in [-0.2, -0.15) is 0 Å². The zero-order valence-corrected chi connectivity index (χ0v) is 15.8. The number of likely N-dealkylation sites (tertiary alicyclic amines) is 1. The first kappa shape index (κ1) is 19.0. The van der Waals surface area contributed by atoms with E-state index in [-0.39, 0.29) is 29.5 Å². The Bertz CT molecular complexity index is 324. The summed E-state index contributed by atoms with van der Waals surface area (Å²) in [6.07, 6.45) is 4.78. The van der Waals surface area contributed by atoms with E-state index in [1.54, 1.807) is 0 Å². The number of guanidine groups is 1. The molecule has 0 amide bonds. The molecule has 0 aromatic carbocycles. The van der Waals surface area contributed by atoms with Crippen LogP contribution in [0.25, 0.3) is 0 Å². The highest BCUT2D eigenvalue weighted by Crippen LogP contribution is 2.31. The molecule has 2 fully saturated rings. The molecule has 0 unspecified atom stereocenters. The average Bonchev–Trinajstić information content (AvgIpc) is 2.98. The molecule has 0 aromatic rings. The minimum atomic E-state index is 0. The van der Waals surface area contributed by atoms with E-state index in [1.165, 1.54) is 25.9 Å². The lowest BCUT2D eigenvalue weighted by Crippen LogP contribution is -2.53. The molecular weight excluding hydrogens is 379 g/mol. The Morgan fingerprint density at radius 1 is 1.29 bits per heavy atom. The molecule has 2 heterocycles. The molecule has 0 aliphatic carbocycles. The largest absolute Gasteiger partial charge is 0.381 e. The molecule has 0 radical (unpaired) electrons. The summed E-state index contributed by atoms with van der Waals surface area (Å²) in [5.74, 6) is 1.17. The molecular formula is C15H31IN4O. The Hall–Kier alpha value is -0.0800. The summed E-state index contributed by atoms with van der Waals surface area (Å²) >= 11 is 0. The first-order valence-electron chi connectivity index (χ1n) is 7.99. The number of ether oxygens (including phenoxy) is 1. The third-order valence-corrected chi connectivity index (χ3v) is 4.44. The van der Waals surface area contributed by atoms with E-state index < -0.39 is 0 Å². The topological polar surface area (TPSA) is 62.9 Å². The van der Waals surface area contributed by atoms with Crippen LogP contribution < -0.4 is 11.1 Å². The fraction of sp³-hybridized carbons (Fsp3) is 0.933. The first-order chi connectivity index (χ1) is 9.62. The van der Waals surface area contributed by atoms with E-state index in [2.05, 4.69) is 29.1 Å². The van der Waals surface area contributed by atoms with Crippen LogP contribution in [0.15, 0.2) is 4.99 Å². The van der Waals surface area contributed by atoms with Gasteiger partial charge in [0, 0.05) is 25.3 Å². The standard InChI is InChI=1S/C15H30N4O.HI/c1-13(2)11-17-14(16)18-12-15(5-9-20-10-6-15)19-7-3-4-8-19;/h13H,3-12H2,1-2H3,(H3,16,17,18);1H. The summed E-state index contributed by atoms with van der Waals surface area (Å²) in [4.78, 5) is 7.24. The summed E-state index contributed by atoms with van der Waals surface area (Å²) in [6, 6.07) is 0. The summed E-state index contributed by atoms with van der Waals surface area (Å²) < 4.78 is 5.55. The highest BCUT2D eigenvalue weighted by Gasteiger charge is 2.39. The minimum absolute atomic E-state index is 0. The van der Waals surface area contributed by atoms with Gasteiger partial charge >= 0.3 is 0 Å². The molecule has 0 bridgehead atoms. The van der Waals surface area contributed by atoms with Crippen molar-refractivity contribution in [3.63, 3.8) is 0 Å². The molecule has 2 rings (SSSR count). The first-order valence-corrected chi connectivity index (χ1v) is 7.99. The van der Waals surface area contributed by atoms with Crippen LogP contribution in [0.3, 0.4) is 0 Å². The Kier molecular flexibility index (Phi) is 8.26. The van der Waals surface area contributed by atoms with Gasteiger partial charge in [0.15, 0.2) is 5.96 Å². The van der Waals surface area contributed by atoms with E-state index in [4.69, 9.17) is 10.5 Å². The van der Waals surface area contributed by atoms with E-state index >= 15 is 0 Å². The van der Waals surface area contributed by atoms with Gasteiger partial charge in [0.05, 0.1) is 6.54 Å². The smallest absolute Gasteiger partial charge is 0.188 e. The number of nitrogens with one attached hydrogen (secondary N) is 1. The maximum atomic E-state index is 5.99. The highest BCUT2D eigenvalue weighted by molar-refractivity contribution is 14.0. The van der Waals surface area contributed by atoms with Gasteiger partial charge in [0.1, 0.15) is 0 Å².